The molecule has 0 aliphatic carbocycles. The highest BCUT2D eigenvalue weighted by atomic mass is 35.5. The van der Waals surface area contributed by atoms with Gasteiger partial charge in [0.25, 0.3) is 5.91 Å². The second-order valence-corrected chi connectivity index (χ2v) is 6.86. The van der Waals surface area contributed by atoms with Gasteiger partial charge < -0.3 is 5.32 Å². The first-order chi connectivity index (χ1) is 13.8. The third-order valence-corrected chi connectivity index (χ3v) is 4.09. The highest BCUT2D eigenvalue weighted by Crippen LogP contribution is 2.20. The Morgan fingerprint density at radius 3 is 2.52 bits per heavy atom. The van der Waals surface area contributed by atoms with Crippen LogP contribution in [0.4, 0.5) is 14.6 Å². The van der Waals surface area contributed by atoms with E-state index in [1.165, 1.54) is 24.3 Å². The summed E-state index contributed by atoms with van der Waals surface area (Å²) < 4.78 is 26.7. The van der Waals surface area contributed by atoms with E-state index >= 15 is 0 Å². The summed E-state index contributed by atoms with van der Waals surface area (Å²) in [5.41, 5.74) is 1.50. The molecule has 0 saturated heterocycles. The molecule has 3 aromatic rings. The average molecular weight is 418 g/mol. The molecule has 0 spiro atoms. The summed E-state index contributed by atoms with van der Waals surface area (Å²) in [5, 5.41) is 12.4. The molecule has 9 heteroatoms. The van der Waals surface area contributed by atoms with Gasteiger partial charge in [-0.1, -0.05) is 11.6 Å². The summed E-state index contributed by atoms with van der Waals surface area (Å²) in [7, 11) is 0. The third-order valence-electron chi connectivity index (χ3n) is 3.78. The Hall–Kier alpha value is -3.26. The van der Waals surface area contributed by atoms with Crippen LogP contribution in [0.15, 0.2) is 53.5 Å². The number of hydrogen-bond donors (Lipinski definition) is 3. The number of carbonyl (C=O) groups is 1. The van der Waals surface area contributed by atoms with E-state index in [9.17, 15) is 13.6 Å². The molecule has 3 rings (SSSR count). The van der Waals surface area contributed by atoms with E-state index in [4.69, 9.17) is 11.6 Å². The lowest BCUT2D eigenvalue weighted by Gasteiger charge is -2.11. The lowest BCUT2D eigenvalue weighted by Crippen LogP contribution is -2.36. The summed E-state index contributed by atoms with van der Waals surface area (Å²) in [6.45, 7) is 3.68. The van der Waals surface area contributed by atoms with Gasteiger partial charge in [0.2, 0.25) is 5.96 Å². The molecule has 0 fully saturated rings. The number of rotatable bonds is 4. The number of halogens is 3. The van der Waals surface area contributed by atoms with Gasteiger partial charge in [-0.15, -0.1) is 0 Å². The highest BCUT2D eigenvalue weighted by molar-refractivity contribution is 6.30. The van der Waals surface area contributed by atoms with E-state index in [-0.39, 0.29) is 28.4 Å². The van der Waals surface area contributed by atoms with E-state index < -0.39 is 11.7 Å². The normalized spacial score (nSPS) is 11.6. The lowest BCUT2D eigenvalue weighted by atomic mass is 10.1. The minimum atomic E-state index is -0.689. The van der Waals surface area contributed by atoms with Gasteiger partial charge in [-0.2, -0.15) is 5.10 Å². The molecule has 0 atom stereocenters. The second kappa shape index (κ2) is 8.83. The van der Waals surface area contributed by atoms with E-state index in [0.29, 0.717) is 11.5 Å². The van der Waals surface area contributed by atoms with E-state index in [2.05, 4.69) is 25.8 Å². The first-order valence-corrected chi connectivity index (χ1v) is 9.12. The number of nitrogens with zero attached hydrogens (tertiary/aromatic N) is 2. The number of guanidine groups is 1. The largest absolute Gasteiger partial charge is 0.309 e. The van der Waals surface area contributed by atoms with Gasteiger partial charge in [-0.05, 0) is 61.9 Å². The van der Waals surface area contributed by atoms with Crippen molar-refractivity contribution >= 4 is 29.3 Å². The fourth-order valence-electron chi connectivity index (χ4n) is 2.46. The van der Waals surface area contributed by atoms with Crippen LogP contribution < -0.4 is 10.6 Å². The minimum Gasteiger partial charge on any atom is -0.309 e. The van der Waals surface area contributed by atoms with Crippen molar-refractivity contribution in [3.05, 3.63) is 70.8 Å². The van der Waals surface area contributed by atoms with Gasteiger partial charge in [0, 0.05) is 17.7 Å². The molecule has 0 radical (unpaired) electrons. The predicted octanol–water partition coefficient (Wildman–Crippen LogP) is 4.61. The summed E-state index contributed by atoms with van der Waals surface area (Å²) >= 11 is 5.65. The number of H-pyrrole nitrogens is 1. The van der Waals surface area contributed by atoms with Crippen LogP contribution in [-0.2, 0) is 0 Å². The molecule has 150 valence electrons. The van der Waals surface area contributed by atoms with Crippen molar-refractivity contribution < 1.29 is 13.6 Å². The zero-order valence-corrected chi connectivity index (χ0v) is 16.4. The molecule has 0 aliphatic heterocycles. The number of benzene rings is 2. The van der Waals surface area contributed by atoms with Crippen molar-refractivity contribution in [2.45, 2.75) is 19.9 Å². The van der Waals surface area contributed by atoms with E-state index in [0.717, 1.165) is 11.6 Å². The Labute approximate surface area is 171 Å². The van der Waals surface area contributed by atoms with Gasteiger partial charge >= 0.3 is 0 Å². The molecule has 0 bridgehead atoms. The summed E-state index contributed by atoms with van der Waals surface area (Å²) in [6, 6.07) is 11.3. The van der Waals surface area contributed by atoms with Crippen LogP contribution in [-0.4, -0.2) is 28.1 Å². The Kier molecular flexibility index (Phi) is 6.23. The SMILES string of the molecule is CC(C)N=C(NC(=O)c1ccc(Cl)c(F)c1)Nc1cc(-c2ccc(F)cc2)[nH]n1. The maximum absolute atomic E-state index is 13.6. The summed E-state index contributed by atoms with van der Waals surface area (Å²) in [6.07, 6.45) is 0. The number of hydrogen-bond acceptors (Lipinski definition) is 3. The van der Waals surface area contributed by atoms with Gasteiger partial charge in [-0.3, -0.25) is 15.2 Å². The van der Waals surface area contributed by atoms with Gasteiger partial charge in [-0.25, -0.2) is 13.8 Å². The van der Waals surface area contributed by atoms with Crippen molar-refractivity contribution in [3.8, 4) is 11.3 Å². The lowest BCUT2D eigenvalue weighted by molar-refractivity contribution is 0.0976. The predicted molar refractivity (Wildman–Crippen MR) is 109 cm³/mol. The van der Waals surface area contributed by atoms with Crippen LogP contribution in [0.1, 0.15) is 24.2 Å². The topological polar surface area (TPSA) is 82.2 Å². The van der Waals surface area contributed by atoms with Crippen LogP contribution in [0.2, 0.25) is 5.02 Å². The Bertz CT molecular complexity index is 1050. The zero-order valence-electron chi connectivity index (χ0n) is 15.6. The maximum Gasteiger partial charge on any atom is 0.258 e. The molecule has 0 aliphatic rings. The summed E-state index contributed by atoms with van der Waals surface area (Å²) in [4.78, 5) is 16.8. The molecule has 1 aromatic heterocycles. The number of anilines is 1. The van der Waals surface area contributed by atoms with Crippen LogP contribution in [0.3, 0.4) is 0 Å². The molecule has 3 N–H and O–H groups in total. The van der Waals surface area contributed by atoms with Gasteiger partial charge in [0.05, 0.1) is 10.7 Å². The number of amides is 1. The van der Waals surface area contributed by atoms with E-state index in [1.807, 2.05) is 13.8 Å². The Balaban J connectivity index is 1.77. The second-order valence-electron chi connectivity index (χ2n) is 6.45. The fraction of sp³-hybridized carbons (Fsp3) is 0.150. The quantitative estimate of drug-likeness (QED) is 0.428. The minimum absolute atomic E-state index is 0.0689. The van der Waals surface area contributed by atoms with Crippen molar-refractivity contribution in [3.63, 3.8) is 0 Å². The maximum atomic E-state index is 13.6. The first kappa shape index (κ1) is 20.5. The van der Waals surface area contributed by atoms with Crippen LogP contribution in [0, 0.1) is 11.6 Å². The molecule has 29 heavy (non-hydrogen) atoms. The van der Waals surface area contributed by atoms with Crippen molar-refractivity contribution in [2.75, 3.05) is 5.32 Å². The van der Waals surface area contributed by atoms with E-state index in [1.54, 1.807) is 18.2 Å². The van der Waals surface area contributed by atoms with Crippen molar-refractivity contribution in [1.29, 1.82) is 0 Å². The molecule has 2 aromatic carbocycles. The summed E-state index contributed by atoms with van der Waals surface area (Å²) in [5.74, 6) is -1.03. The zero-order chi connectivity index (χ0) is 21.0. The number of aromatic nitrogens is 2. The van der Waals surface area contributed by atoms with Gasteiger partial charge in [0.15, 0.2) is 5.82 Å². The number of aromatic amines is 1. The number of nitrogens with one attached hydrogen (secondary N) is 3. The molecule has 0 saturated carbocycles. The van der Waals surface area contributed by atoms with Crippen molar-refractivity contribution in [2.24, 2.45) is 4.99 Å². The average Bonchev–Trinajstić information content (AvgIpc) is 3.12. The molecule has 1 amide bonds. The van der Waals surface area contributed by atoms with Gasteiger partial charge in [0.1, 0.15) is 11.6 Å². The monoisotopic (exact) mass is 417 g/mol. The molecule has 0 unspecified atom stereocenters. The molecule has 6 nitrogen and oxygen atoms in total. The first-order valence-electron chi connectivity index (χ1n) is 8.74. The van der Waals surface area contributed by atoms with Crippen LogP contribution in [0.25, 0.3) is 11.3 Å². The number of carbonyl (C=O) groups excluding carboxylic acids is 1. The molecular formula is C20H18ClF2N5O. The highest BCUT2D eigenvalue weighted by Gasteiger charge is 2.13. The molecular weight excluding hydrogens is 400 g/mol. The van der Waals surface area contributed by atoms with Crippen molar-refractivity contribution in [1.82, 2.24) is 15.5 Å². The van der Waals surface area contributed by atoms with Crippen LogP contribution >= 0.6 is 11.6 Å². The molecule has 1 heterocycles. The Morgan fingerprint density at radius 2 is 1.86 bits per heavy atom. The van der Waals surface area contributed by atoms with Crippen LogP contribution in [0.5, 0.6) is 0 Å². The standard InChI is InChI=1S/C20H18ClF2N5O/c1-11(2)24-20(26-19(29)13-5-8-15(21)16(23)9-13)25-18-10-17(27-28-18)12-3-6-14(22)7-4-12/h3-11H,1-2H3,(H3,24,25,26,27,28,29). The Morgan fingerprint density at radius 1 is 1.14 bits per heavy atom. The third kappa shape index (κ3) is 5.39. The fourth-order valence-corrected chi connectivity index (χ4v) is 2.57. The smallest absolute Gasteiger partial charge is 0.258 e. The number of aliphatic imine (C=N–C) groups is 1.